The van der Waals surface area contributed by atoms with E-state index in [1.807, 2.05) is 0 Å². The van der Waals surface area contributed by atoms with Crippen molar-refractivity contribution in [3.05, 3.63) is 29.8 Å². The van der Waals surface area contributed by atoms with E-state index in [2.05, 4.69) is 16.7 Å². The molecule has 1 unspecified atom stereocenters. The molecule has 0 heterocycles. The van der Waals surface area contributed by atoms with Gasteiger partial charge in [-0.25, -0.2) is 0 Å². The summed E-state index contributed by atoms with van der Waals surface area (Å²) in [6, 6.07) is 9.15. The van der Waals surface area contributed by atoms with E-state index in [4.69, 9.17) is 5.26 Å². The summed E-state index contributed by atoms with van der Waals surface area (Å²) in [5, 5.41) is 24.1. The molecule has 3 N–H and O–H groups in total. The smallest absolute Gasteiger partial charge is 0.239 e. The van der Waals surface area contributed by atoms with E-state index in [0.29, 0.717) is 17.9 Å². The second kappa shape index (κ2) is 9.16. The van der Waals surface area contributed by atoms with Crippen LogP contribution >= 0.6 is 0 Å². The molecule has 1 saturated carbocycles. The maximum Gasteiger partial charge on any atom is 0.239 e. The Morgan fingerprint density at radius 1 is 1.26 bits per heavy atom. The normalized spacial score (nSPS) is 16.3. The van der Waals surface area contributed by atoms with Gasteiger partial charge in [0.15, 0.2) is 0 Å². The Balaban J connectivity index is 1.82. The van der Waals surface area contributed by atoms with E-state index in [9.17, 15) is 9.90 Å². The Hall–Kier alpha value is -2.06. The highest BCUT2D eigenvalue weighted by Crippen LogP contribution is 2.27. The third-order valence-electron chi connectivity index (χ3n) is 4.47. The minimum Gasteiger partial charge on any atom is -0.396 e. The predicted octanol–water partition coefficient (Wildman–Crippen LogP) is 2.42. The number of aliphatic hydroxyl groups is 1. The van der Waals surface area contributed by atoms with Crippen LogP contribution in [0.3, 0.4) is 0 Å². The molecule has 1 aromatic rings. The molecule has 0 saturated heterocycles. The largest absolute Gasteiger partial charge is 0.396 e. The summed E-state index contributed by atoms with van der Waals surface area (Å²) in [6.45, 7) is 0.297. The number of nitrogens with one attached hydrogen (secondary N) is 2. The van der Waals surface area contributed by atoms with E-state index in [0.717, 1.165) is 18.5 Å². The second-order valence-electron chi connectivity index (χ2n) is 6.13. The van der Waals surface area contributed by atoms with Crippen molar-refractivity contribution in [2.24, 2.45) is 5.92 Å². The van der Waals surface area contributed by atoms with E-state index in [1.165, 1.54) is 19.3 Å². The van der Waals surface area contributed by atoms with Crippen LogP contribution in [0.4, 0.5) is 5.69 Å². The molecular weight excluding hydrogens is 290 g/mol. The van der Waals surface area contributed by atoms with Crippen LogP contribution in [0, 0.1) is 17.2 Å². The van der Waals surface area contributed by atoms with Gasteiger partial charge >= 0.3 is 0 Å². The first-order chi connectivity index (χ1) is 11.2. The number of nitriles is 1. The average molecular weight is 315 g/mol. The minimum absolute atomic E-state index is 0.0571. The topological polar surface area (TPSA) is 85.2 Å². The molecule has 1 fully saturated rings. The van der Waals surface area contributed by atoms with Gasteiger partial charge in [-0.2, -0.15) is 5.26 Å². The average Bonchev–Trinajstić information content (AvgIpc) is 2.61. The number of benzene rings is 1. The van der Waals surface area contributed by atoms with Gasteiger partial charge in [0, 0.05) is 18.3 Å². The Morgan fingerprint density at radius 2 is 1.96 bits per heavy atom. The summed E-state index contributed by atoms with van der Waals surface area (Å²) in [4.78, 5) is 12.2. The summed E-state index contributed by atoms with van der Waals surface area (Å²) >= 11 is 0. The number of amides is 1. The van der Waals surface area contributed by atoms with Crippen LogP contribution < -0.4 is 10.6 Å². The molecule has 2 rings (SSSR count). The Bertz CT molecular complexity index is 530. The van der Waals surface area contributed by atoms with E-state index in [-0.39, 0.29) is 25.1 Å². The zero-order valence-corrected chi connectivity index (χ0v) is 13.4. The van der Waals surface area contributed by atoms with Crippen LogP contribution in [-0.4, -0.2) is 30.2 Å². The molecule has 1 aliphatic rings. The fourth-order valence-electron chi connectivity index (χ4n) is 3.20. The summed E-state index contributed by atoms with van der Waals surface area (Å²) < 4.78 is 0. The molecule has 23 heavy (non-hydrogen) atoms. The van der Waals surface area contributed by atoms with Crippen molar-refractivity contribution < 1.29 is 9.90 Å². The molecule has 0 radical (unpaired) electrons. The molecule has 1 aliphatic carbocycles. The number of carbonyl (C=O) groups is 1. The standard InChI is InChI=1S/C18H25N3O2/c19-12-14-6-8-16(9-7-14)20-13-18(23)21-17(10-11-22)15-4-2-1-3-5-15/h6-9,15,17,20,22H,1-5,10-11,13H2,(H,21,23). The van der Waals surface area contributed by atoms with Crippen LogP contribution in [0.15, 0.2) is 24.3 Å². The highest BCUT2D eigenvalue weighted by atomic mass is 16.3. The van der Waals surface area contributed by atoms with Crippen LogP contribution in [0.25, 0.3) is 0 Å². The number of anilines is 1. The fraction of sp³-hybridized carbons (Fsp3) is 0.556. The van der Waals surface area contributed by atoms with Crippen LogP contribution in [0.1, 0.15) is 44.1 Å². The second-order valence-corrected chi connectivity index (χ2v) is 6.13. The number of hydrogen-bond donors (Lipinski definition) is 3. The first-order valence-electron chi connectivity index (χ1n) is 8.37. The summed E-state index contributed by atoms with van der Waals surface area (Å²) in [7, 11) is 0. The van der Waals surface area contributed by atoms with Crippen molar-refractivity contribution >= 4 is 11.6 Å². The third-order valence-corrected chi connectivity index (χ3v) is 4.47. The molecule has 1 atom stereocenters. The van der Waals surface area contributed by atoms with Crippen molar-refractivity contribution in [3.8, 4) is 6.07 Å². The Morgan fingerprint density at radius 3 is 2.57 bits per heavy atom. The molecule has 5 heteroatoms. The molecule has 0 bridgehead atoms. The van der Waals surface area contributed by atoms with Gasteiger partial charge in [0.05, 0.1) is 18.2 Å². The molecule has 0 aliphatic heterocycles. The van der Waals surface area contributed by atoms with Gasteiger partial charge in [0.25, 0.3) is 0 Å². The molecule has 5 nitrogen and oxygen atoms in total. The molecule has 0 aromatic heterocycles. The highest BCUT2D eigenvalue weighted by Gasteiger charge is 2.24. The quantitative estimate of drug-likeness (QED) is 0.721. The first kappa shape index (κ1) is 17.3. The molecule has 1 amide bonds. The van der Waals surface area contributed by atoms with Crippen molar-refractivity contribution in [1.29, 1.82) is 5.26 Å². The van der Waals surface area contributed by atoms with E-state index in [1.54, 1.807) is 24.3 Å². The van der Waals surface area contributed by atoms with Crippen LogP contribution in [-0.2, 0) is 4.79 Å². The lowest BCUT2D eigenvalue weighted by molar-refractivity contribution is -0.120. The maximum atomic E-state index is 12.2. The summed E-state index contributed by atoms with van der Waals surface area (Å²) in [5.74, 6) is 0.424. The monoisotopic (exact) mass is 315 g/mol. The molecule has 0 spiro atoms. The summed E-state index contributed by atoms with van der Waals surface area (Å²) in [6.07, 6.45) is 6.59. The molecular formula is C18H25N3O2. The number of aliphatic hydroxyl groups excluding tert-OH is 1. The van der Waals surface area contributed by atoms with Gasteiger partial charge < -0.3 is 15.7 Å². The maximum absolute atomic E-state index is 12.2. The Kier molecular flexibility index (Phi) is 6.89. The van der Waals surface area contributed by atoms with Crippen molar-refractivity contribution in [1.82, 2.24) is 5.32 Å². The number of carbonyl (C=O) groups excluding carboxylic acids is 1. The lowest BCUT2D eigenvalue weighted by Gasteiger charge is -2.30. The van der Waals surface area contributed by atoms with E-state index < -0.39 is 0 Å². The number of nitrogens with zero attached hydrogens (tertiary/aromatic N) is 1. The van der Waals surface area contributed by atoms with Crippen molar-refractivity contribution in [3.63, 3.8) is 0 Å². The van der Waals surface area contributed by atoms with Crippen molar-refractivity contribution in [2.75, 3.05) is 18.5 Å². The zero-order valence-electron chi connectivity index (χ0n) is 13.4. The third kappa shape index (κ3) is 5.57. The highest BCUT2D eigenvalue weighted by molar-refractivity contribution is 5.81. The van der Waals surface area contributed by atoms with Gasteiger partial charge in [0.2, 0.25) is 5.91 Å². The van der Waals surface area contributed by atoms with E-state index >= 15 is 0 Å². The lowest BCUT2D eigenvalue weighted by atomic mass is 9.82. The minimum atomic E-state index is -0.0571. The van der Waals surface area contributed by atoms with Crippen LogP contribution in [0.2, 0.25) is 0 Å². The SMILES string of the molecule is N#Cc1ccc(NCC(=O)NC(CCO)C2CCCCC2)cc1. The lowest BCUT2D eigenvalue weighted by Crippen LogP contribution is -2.44. The van der Waals surface area contributed by atoms with Gasteiger partial charge in [0.1, 0.15) is 0 Å². The predicted molar refractivity (Wildman–Crippen MR) is 89.9 cm³/mol. The van der Waals surface area contributed by atoms with Gasteiger partial charge in [-0.3, -0.25) is 4.79 Å². The molecule has 1 aromatic carbocycles. The number of rotatable bonds is 7. The fourth-order valence-corrected chi connectivity index (χ4v) is 3.20. The zero-order chi connectivity index (χ0) is 16.5. The van der Waals surface area contributed by atoms with Crippen LogP contribution in [0.5, 0.6) is 0 Å². The summed E-state index contributed by atoms with van der Waals surface area (Å²) in [5.41, 5.74) is 1.41. The Labute approximate surface area is 137 Å². The van der Waals surface area contributed by atoms with Gasteiger partial charge in [-0.1, -0.05) is 19.3 Å². The number of hydrogen-bond acceptors (Lipinski definition) is 4. The van der Waals surface area contributed by atoms with Gasteiger partial charge in [-0.05, 0) is 49.4 Å². The molecule has 124 valence electrons. The first-order valence-corrected chi connectivity index (χ1v) is 8.37. The van der Waals surface area contributed by atoms with Crippen molar-refractivity contribution in [2.45, 2.75) is 44.6 Å². The van der Waals surface area contributed by atoms with Gasteiger partial charge in [-0.15, -0.1) is 0 Å².